The molecule has 0 atom stereocenters. The molecular weight excluding hydrogens is 355 g/mol. The second-order valence-electron chi connectivity index (χ2n) is 5.73. The molecule has 25 heavy (non-hydrogen) atoms. The minimum atomic E-state index is 0.531. The third-order valence-corrected chi connectivity index (χ3v) is 4.67. The Labute approximate surface area is 157 Å². The molecule has 0 radical (unpaired) electrons. The lowest BCUT2D eigenvalue weighted by Gasteiger charge is -2.04. The molecule has 1 aromatic carbocycles. The zero-order valence-corrected chi connectivity index (χ0v) is 15.5. The minimum Gasteiger partial charge on any atom is -0.341 e. The summed E-state index contributed by atoms with van der Waals surface area (Å²) >= 11 is 12.3. The molecule has 2 N–H and O–H groups in total. The smallest absolute Gasteiger partial charge is 0.107 e. The minimum absolute atomic E-state index is 0.531. The maximum atomic E-state index is 6.20. The lowest BCUT2D eigenvalue weighted by atomic mass is 10.1. The summed E-state index contributed by atoms with van der Waals surface area (Å²) in [6.07, 6.45) is 5.45. The van der Waals surface area contributed by atoms with Crippen molar-refractivity contribution in [2.75, 3.05) is 13.1 Å². The number of rotatable bonds is 7. The number of halogens is 2. The molecule has 0 unspecified atom stereocenters. The summed E-state index contributed by atoms with van der Waals surface area (Å²) < 4.78 is 0. The average Bonchev–Trinajstić information content (AvgIpc) is 3.06. The van der Waals surface area contributed by atoms with E-state index in [-0.39, 0.29) is 0 Å². The van der Waals surface area contributed by atoms with E-state index in [9.17, 15) is 0 Å². The molecule has 0 aliphatic carbocycles. The Bertz CT molecular complexity index is 831. The number of benzene rings is 1. The van der Waals surface area contributed by atoms with Crippen LogP contribution < -0.4 is 5.32 Å². The van der Waals surface area contributed by atoms with E-state index in [2.05, 4.69) is 22.2 Å². The Morgan fingerprint density at radius 3 is 2.56 bits per heavy atom. The lowest BCUT2D eigenvalue weighted by molar-refractivity contribution is 0.662. The molecule has 3 rings (SSSR count). The standard InChI is InChI=1S/C19H20Cl2N4/c1-2-22-9-3-4-17-24-18(13-7-10-23-11-8-13)19(25-17)14-5-6-15(20)16(21)12-14/h5-8,10-12,22H,2-4,9H2,1H3,(H,24,25). The van der Waals surface area contributed by atoms with E-state index < -0.39 is 0 Å². The van der Waals surface area contributed by atoms with Crippen molar-refractivity contribution in [3.05, 3.63) is 58.6 Å². The predicted octanol–water partition coefficient (Wildman–Crippen LogP) is 4.99. The van der Waals surface area contributed by atoms with Gasteiger partial charge in [-0.1, -0.05) is 36.2 Å². The van der Waals surface area contributed by atoms with Gasteiger partial charge in [0.1, 0.15) is 5.82 Å². The first kappa shape index (κ1) is 17.9. The Morgan fingerprint density at radius 1 is 1.04 bits per heavy atom. The molecule has 4 nitrogen and oxygen atoms in total. The molecular formula is C19H20Cl2N4. The van der Waals surface area contributed by atoms with Gasteiger partial charge in [-0.2, -0.15) is 0 Å². The van der Waals surface area contributed by atoms with Crippen molar-refractivity contribution in [2.24, 2.45) is 0 Å². The highest BCUT2D eigenvalue weighted by Crippen LogP contribution is 2.33. The summed E-state index contributed by atoms with van der Waals surface area (Å²) in [7, 11) is 0. The van der Waals surface area contributed by atoms with Gasteiger partial charge >= 0.3 is 0 Å². The third-order valence-electron chi connectivity index (χ3n) is 3.93. The monoisotopic (exact) mass is 374 g/mol. The van der Waals surface area contributed by atoms with E-state index in [4.69, 9.17) is 28.2 Å². The summed E-state index contributed by atoms with van der Waals surface area (Å²) in [6.45, 7) is 4.07. The van der Waals surface area contributed by atoms with Gasteiger partial charge < -0.3 is 10.3 Å². The van der Waals surface area contributed by atoms with Gasteiger partial charge in [0.15, 0.2) is 0 Å². The van der Waals surface area contributed by atoms with Crippen LogP contribution in [0, 0.1) is 0 Å². The number of imidazole rings is 1. The van der Waals surface area contributed by atoms with Crippen LogP contribution in [-0.4, -0.2) is 28.0 Å². The first-order valence-corrected chi connectivity index (χ1v) is 9.10. The topological polar surface area (TPSA) is 53.6 Å². The summed E-state index contributed by atoms with van der Waals surface area (Å²) in [5.41, 5.74) is 3.83. The van der Waals surface area contributed by atoms with Crippen molar-refractivity contribution < 1.29 is 0 Å². The second kappa shape index (κ2) is 8.48. The molecule has 0 spiro atoms. The van der Waals surface area contributed by atoms with Gasteiger partial charge in [-0.25, -0.2) is 4.98 Å². The van der Waals surface area contributed by atoms with Gasteiger partial charge in [0.25, 0.3) is 0 Å². The van der Waals surface area contributed by atoms with Gasteiger partial charge in [0.05, 0.1) is 21.4 Å². The molecule has 0 saturated heterocycles. The number of aromatic nitrogens is 3. The fraction of sp³-hybridized carbons (Fsp3) is 0.263. The number of aryl methyl sites for hydroxylation is 1. The van der Waals surface area contributed by atoms with Gasteiger partial charge in [0.2, 0.25) is 0 Å². The number of nitrogens with zero attached hydrogens (tertiary/aromatic N) is 2. The lowest BCUT2D eigenvalue weighted by Crippen LogP contribution is -2.14. The third kappa shape index (κ3) is 4.40. The second-order valence-corrected chi connectivity index (χ2v) is 6.54. The van der Waals surface area contributed by atoms with E-state index in [1.165, 1.54) is 0 Å². The molecule has 2 heterocycles. The van der Waals surface area contributed by atoms with Crippen LogP contribution >= 0.6 is 23.2 Å². The highest BCUT2D eigenvalue weighted by Gasteiger charge is 2.15. The van der Waals surface area contributed by atoms with Gasteiger partial charge in [-0.15, -0.1) is 0 Å². The van der Waals surface area contributed by atoms with Crippen molar-refractivity contribution >= 4 is 23.2 Å². The van der Waals surface area contributed by atoms with Crippen molar-refractivity contribution in [2.45, 2.75) is 19.8 Å². The van der Waals surface area contributed by atoms with Crippen molar-refractivity contribution in [1.29, 1.82) is 0 Å². The van der Waals surface area contributed by atoms with Crippen molar-refractivity contribution in [3.63, 3.8) is 0 Å². The molecule has 2 aromatic heterocycles. The van der Waals surface area contributed by atoms with Crippen LogP contribution in [0.15, 0.2) is 42.7 Å². The van der Waals surface area contributed by atoms with Crippen LogP contribution in [0.5, 0.6) is 0 Å². The van der Waals surface area contributed by atoms with Crippen LogP contribution in [0.4, 0.5) is 0 Å². The van der Waals surface area contributed by atoms with Gasteiger partial charge in [-0.3, -0.25) is 4.98 Å². The fourth-order valence-electron chi connectivity index (χ4n) is 2.68. The van der Waals surface area contributed by atoms with Crippen molar-refractivity contribution in [1.82, 2.24) is 20.3 Å². The zero-order chi connectivity index (χ0) is 17.6. The average molecular weight is 375 g/mol. The molecule has 6 heteroatoms. The Kier molecular flexibility index (Phi) is 6.08. The van der Waals surface area contributed by atoms with Crippen molar-refractivity contribution in [3.8, 4) is 22.5 Å². The maximum absolute atomic E-state index is 6.20. The van der Waals surface area contributed by atoms with E-state index in [0.717, 1.165) is 54.3 Å². The summed E-state index contributed by atoms with van der Waals surface area (Å²) in [6, 6.07) is 9.54. The number of aromatic amines is 1. The Morgan fingerprint density at radius 2 is 1.84 bits per heavy atom. The summed E-state index contributed by atoms with van der Waals surface area (Å²) in [5, 5.41) is 4.41. The number of nitrogens with one attached hydrogen (secondary N) is 2. The molecule has 0 aliphatic heterocycles. The molecule has 0 saturated carbocycles. The van der Waals surface area contributed by atoms with Crippen LogP contribution in [0.3, 0.4) is 0 Å². The quantitative estimate of drug-likeness (QED) is 0.572. The van der Waals surface area contributed by atoms with E-state index in [0.29, 0.717) is 10.0 Å². The first-order valence-electron chi connectivity index (χ1n) is 8.34. The Balaban J connectivity index is 1.96. The summed E-state index contributed by atoms with van der Waals surface area (Å²) in [5.74, 6) is 0.964. The largest absolute Gasteiger partial charge is 0.341 e. The predicted molar refractivity (Wildman–Crippen MR) is 104 cm³/mol. The van der Waals surface area contributed by atoms with Gasteiger partial charge in [0, 0.05) is 29.9 Å². The van der Waals surface area contributed by atoms with Crippen LogP contribution in [0.25, 0.3) is 22.5 Å². The molecule has 3 aromatic rings. The zero-order valence-electron chi connectivity index (χ0n) is 14.0. The van der Waals surface area contributed by atoms with Gasteiger partial charge in [-0.05, 0) is 43.8 Å². The number of hydrogen-bond donors (Lipinski definition) is 2. The SMILES string of the molecule is CCNCCCc1nc(-c2ccncc2)c(-c2ccc(Cl)c(Cl)c2)[nH]1. The summed E-state index contributed by atoms with van der Waals surface area (Å²) in [4.78, 5) is 12.4. The highest BCUT2D eigenvalue weighted by molar-refractivity contribution is 6.42. The van der Waals surface area contributed by atoms with E-state index in [1.807, 2.05) is 24.3 Å². The van der Waals surface area contributed by atoms with E-state index in [1.54, 1.807) is 18.5 Å². The maximum Gasteiger partial charge on any atom is 0.107 e. The van der Waals surface area contributed by atoms with Crippen LogP contribution in [0.1, 0.15) is 19.2 Å². The Hall–Kier alpha value is -1.88. The molecule has 0 bridgehead atoms. The number of hydrogen-bond acceptors (Lipinski definition) is 3. The molecule has 130 valence electrons. The molecule has 0 fully saturated rings. The van der Waals surface area contributed by atoms with Crippen LogP contribution in [0.2, 0.25) is 10.0 Å². The fourth-order valence-corrected chi connectivity index (χ4v) is 2.98. The first-order chi connectivity index (χ1) is 12.2. The highest BCUT2D eigenvalue weighted by atomic mass is 35.5. The number of pyridine rings is 1. The van der Waals surface area contributed by atoms with E-state index >= 15 is 0 Å². The normalized spacial score (nSPS) is 11.0. The number of H-pyrrole nitrogens is 1. The van der Waals surface area contributed by atoms with Crippen LogP contribution in [-0.2, 0) is 6.42 Å². The molecule has 0 amide bonds. The molecule has 0 aliphatic rings.